The quantitative estimate of drug-likeness (QED) is 0.288. The van der Waals surface area contributed by atoms with Crippen LogP contribution in [0, 0.1) is 5.92 Å². The van der Waals surface area contributed by atoms with Gasteiger partial charge in [-0.3, -0.25) is 9.69 Å². The number of esters is 1. The van der Waals surface area contributed by atoms with Gasteiger partial charge in [-0.15, -0.1) is 0 Å². The molecule has 0 spiro atoms. The lowest BCUT2D eigenvalue weighted by atomic mass is 9.77. The summed E-state index contributed by atoms with van der Waals surface area (Å²) in [6.45, 7) is 4.80. The molecule has 176 valence electrons. The molecule has 5 rings (SSSR count). The van der Waals surface area contributed by atoms with Crippen molar-refractivity contribution in [3.63, 3.8) is 0 Å². The zero-order valence-corrected chi connectivity index (χ0v) is 20.5. The summed E-state index contributed by atoms with van der Waals surface area (Å²) in [5, 5.41) is 0. The maximum absolute atomic E-state index is 13.5. The van der Waals surface area contributed by atoms with Gasteiger partial charge in [0.1, 0.15) is 6.04 Å². The summed E-state index contributed by atoms with van der Waals surface area (Å²) < 4.78 is 5.43. The molecule has 0 aliphatic heterocycles. The highest BCUT2D eigenvalue weighted by atomic mass is 16.5. The monoisotopic (exact) mass is 461 g/mol. The Hall–Kier alpha value is -3.69. The fraction of sp³-hybridized carbons (Fsp3) is 0.219. The van der Waals surface area contributed by atoms with E-state index in [0.717, 1.165) is 11.1 Å². The Morgan fingerprint density at radius 2 is 1.23 bits per heavy atom. The van der Waals surface area contributed by atoms with E-state index in [1.807, 2.05) is 12.1 Å². The number of hydrogen-bond acceptors (Lipinski definition) is 3. The van der Waals surface area contributed by atoms with Crippen LogP contribution in [0.5, 0.6) is 0 Å². The SMILES string of the molecule is COC(=O)[C@H](C(C)C)N(Cc1ccccc1)C1(c2ccccc2)c2ccccc2-c2ccccc21. The molecule has 4 aromatic rings. The average molecular weight is 462 g/mol. The highest BCUT2D eigenvalue weighted by molar-refractivity contribution is 5.84. The Bertz CT molecular complexity index is 1270. The summed E-state index contributed by atoms with van der Waals surface area (Å²) in [4.78, 5) is 15.8. The van der Waals surface area contributed by atoms with E-state index in [2.05, 4.69) is 116 Å². The molecule has 0 unspecified atom stereocenters. The van der Waals surface area contributed by atoms with E-state index in [0.29, 0.717) is 6.54 Å². The number of carbonyl (C=O) groups excluding carboxylic acids is 1. The lowest BCUT2D eigenvalue weighted by molar-refractivity contribution is -0.151. The van der Waals surface area contributed by atoms with Crippen molar-refractivity contribution in [1.82, 2.24) is 4.90 Å². The molecule has 1 atom stereocenters. The van der Waals surface area contributed by atoms with Gasteiger partial charge in [-0.2, -0.15) is 0 Å². The van der Waals surface area contributed by atoms with Crippen molar-refractivity contribution in [2.45, 2.75) is 32.0 Å². The summed E-state index contributed by atoms with van der Waals surface area (Å²) in [5.74, 6) is -0.181. The fourth-order valence-corrected chi connectivity index (χ4v) is 5.76. The molecule has 35 heavy (non-hydrogen) atoms. The summed E-state index contributed by atoms with van der Waals surface area (Å²) in [6, 6.07) is 37.8. The normalized spacial score (nSPS) is 14.4. The number of nitrogens with zero attached hydrogens (tertiary/aromatic N) is 1. The fourth-order valence-electron chi connectivity index (χ4n) is 5.76. The van der Waals surface area contributed by atoms with Crippen LogP contribution in [-0.4, -0.2) is 24.0 Å². The van der Waals surface area contributed by atoms with E-state index in [-0.39, 0.29) is 11.9 Å². The van der Waals surface area contributed by atoms with Crippen LogP contribution in [-0.2, 0) is 21.6 Å². The maximum atomic E-state index is 13.5. The number of hydrogen-bond donors (Lipinski definition) is 0. The van der Waals surface area contributed by atoms with Gasteiger partial charge in [0.05, 0.1) is 12.6 Å². The minimum atomic E-state index is -0.659. The molecule has 0 radical (unpaired) electrons. The molecule has 0 heterocycles. The lowest BCUT2D eigenvalue weighted by Gasteiger charge is -2.48. The predicted octanol–water partition coefficient (Wildman–Crippen LogP) is 6.66. The number of benzene rings is 4. The first-order valence-corrected chi connectivity index (χ1v) is 12.2. The smallest absolute Gasteiger partial charge is 0.323 e. The molecule has 0 N–H and O–H groups in total. The minimum absolute atomic E-state index is 0.0340. The number of methoxy groups -OCH3 is 1. The summed E-state index contributed by atoms with van der Waals surface area (Å²) in [5.41, 5.74) is 6.43. The van der Waals surface area contributed by atoms with Gasteiger partial charge in [-0.1, -0.05) is 123 Å². The van der Waals surface area contributed by atoms with E-state index in [1.165, 1.54) is 29.4 Å². The average Bonchev–Trinajstić information content (AvgIpc) is 3.20. The molecule has 3 nitrogen and oxygen atoms in total. The number of ether oxygens (including phenoxy) is 1. The van der Waals surface area contributed by atoms with Crippen LogP contribution in [0.1, 0.15) is 36.1 Å². The molecule has 0 aromatic heterocycles. The summed E-state index contributed by atoms with van der Waals surface area (Å²) in [7, 11) is 1.49. The predicted molar refractivity (Wildman–Crippen MR) is 141 cm³/mol. The summed E-state index contributed by atoms with van der Waals surface area (Å²) >= 11 is 0. The molecule has 0 saturated carbocycles. The van der Waals surface area contributed by atoms with Crippen molar-refractivity contribution >= 4 is 5.97 Å². The van der Waals surface area contributed by atoms with Crippen LogP contribution < -0.4 is 0 Å². The first kappa shape index (κ1) is 23.1. The third-order valence-electron chi connectivity index (χ3n) is 7.15. The van der Waals surface area contributed by atoms with Crippen LogP contribution in [0.25, 0.3) is 11.1 Å². The second kappa shape index (κ2) is 9.52. The molecule has 0 amide bonds. The van der Waals surface area contributed by atoms with Crippen LogP contribution in [0.15, 0.2) is 109 Å². The highest BCUT2D eigenvalue weighted by Gasteiger charge is 2.52. The Morgan fingerprint density at radius 1 is 0.743 bits per heavy atom. The van der Waals surface area contributed by atoms with Gasteiger partial charge in [0.15, 0.2) is 0 Å². The molecular weight excluding hydrogens is 430 g/mol. The molecular formula is C32H31NO2. The van der Waals surface area contributed by atoms with E-state index < -0.39 is 11.6 Å². The second-order valence-electron chi connectivity index (χ2n) is 9.49. The van der Waals surface area contributed by atoms with E-state index in [1.54, 1.807) is 0 Å². The largest absolute Gasteiger partial charge is 0.468 e. The van der Waals surface area contributed by atoms with Crippen LogP contribution in [0.3, 0.4) is 0 Å². The van der Waals surface area contributed by atoms with E-state index in [9.17, 15) is 4.79 Å². The van der Waals surface area contributed by atoms with Crippen molar-refractivity contribution in [3.05, 3.63) is 131 Å². The lowest BCUT2D eigenvalue weighted by Crippen LogP contribution is -2.56. The van der Waals surface area contributed by atoms with Crippen LogP contribution in [0.4, 0.5) is 0 Å². The van der Waals surface area contributed by atoms with Crippen LogP contribution in [0.2, 0.25) is 0 Å². The van der Waals surface area contributed by atoms with Gasteiger partial charge in [0.25, 0.3) is 0 Å². The third-order valence-corrected chi connectivity index (χ3v) is 7.15. The standard InChI is InChI=1S/C32H31NO2/c1-23(2)30(31(34)35-3)33(22-24-14-6-4-7-15-24)32(25-16-8-5-9-17-25)28-20-12-10-18-26(28)27-19-11-13-21-29(27)32/h4-21,23,30H,22H2,1-3H3/t30-/m0/s1. The minimum Gasteiger partial charge on any atom is -0.468 e. The van der Waals surface area contributed by atoms with Crippen molar-refractivity contribution in [2.75, 3.05) is 7.11 Å². The van der Waals surface area contributed by atoms with E-state index >= 15 is 0 Å². The van der Waals surface area contributed by atoms with Gasteiger partial charge in [0, 0.05) is 6.54 Å². The number of rotatable bonds is 7. The Kier molecular flexibility index (Phi) is 6.27. The van der Waals surface area contributed by atoms with Gasteiger partial charge in [0.2, 0.25) is 0 Å². The van der Waals surface area contributed by atoms with Gasteiger partial charge in [-0.05, 0) is 39.3 Å². The zero-order chi connectivity index (χ0) is 24.4. The highest BCUT2D eigenvalue weighted by Crippen LogP contribution is 2.55. The number of fused-ring (bicyclic) bond motifs is 3. The van der Waals surface area contributed by atoms with Gasteiger partial charge in [-0.25, -0.2) is 0 Å². The van der Waals surface area contributed by atoms with Gasteiger partial charge >= 0.3 is 5.97 Å². The van der Waals surface area contributed by atoms with Gasteiger partial charge < -0.3 is 4.74 Å². The third kappa shape index (κ3) is 3.77. The molecule has 0 bridgehead atoms. The first-order chi connectivity index (χ1) is 17.1. The molecule has 1 aliphatic rings. The Morgan fingerprint density at radius 3 is 1.74 bits per heavy atom. The Labute approximate surface area is 208 Å². The molecule has 3 heteroatoms. The molecule has 0 fully saturated rings. The topological polar surface area (TPSA) is 29.5 Å². The van der Waals surface area contributed by atoms with Crippen molar-refractivity contribution in [1.29, 1.82) is 0 Å². The molecule has 0 saturated heterocycles. The van der Waals surface area contributed by atoms with Crippen molar-refractivity contribution in [2.24, 2.45) is 5.92 Å². The zero-order valence-electron chi connectivity index (χ0n) is 20.5. The molecule has 4 aromatic carbocycles. The Balaban J connectivity index is 1.88. The van der Waals surface area contributed by atoms with Crippen LogP contribution >= 0.6 is 0 Å². The van der Waals surface area contributed by atoms with Crippen molar-refractivity contribution < 1.29 is 9.53 Å². The first-order valence-electron chi connectivity index (χ1n) is 12.2. The summed E-state index contributed by atoms with van der Waals surface area (Å²) in [6.07, 6.45) is 0. The second-order valence-corrected chi connectivity index (χ2v) is 9.49. The van der Waals surface area contributed by atoms with Crippen molar-refractivity contribution in [3.8, 4) is 11.1 Å². The van der Waals surface area contributed by atoms with E-state index in [4.69, 9.17) is 4.74 Å². The molecule has 1 aliphatic carbocycles. The maximum Gasteiger partial charge on any atom is 0.323 e. The number of carbonyl (C=O) groups is 1.